The highest BCUT2D eigenvalue weighted by molar-refractivity contribution is 7.91. The first-order valence-corrected chi connectivity index (χ1v) is 7.41. The van der Waals surface area contributed by atoms with Gasteiger partial charge in [0.25, 0.3) is 0 Å². The van der Waals surface area contributed by atoms with Gasteiger partial charge in [-0.15, -0.1) is 0 Å². The van der Waals surface area contributed by atoms with Crippen molar-refractivity contribution in [2.75, 3.05) is 32.2 Å². The maximum absolute atomic E-state index is 12.3. The van der Waals surface area contributed by atoms with E-state index in [9.17, 15) is 22.0 Å². The van der Waals surface area contributed by atoms with Crippen LogP contribution in [0.15, 0.2) is 29.2 Å². The van der Waals surface area contributed by atoms with Crippen LogP contribution in [0, 0.1) is 0 Å². The van der Waals surface area contributed by atoms with Gasteiger partial charge in [-0.25, -0.2) is 8.42 Å². The third-order valence-electron chi connectivity index (χ3n) is 2.37. The van der Waals surface area contributed by atoms with E-state index >= 15 is 0 Å². The van der Waals surface area contributed by atoms with Crippen LogP contribution in [-0.2, 0) is 24.1 Å². The summed E-state index contributed by atoms with van der Waals surface area (Å²) in [7, 11) is -3.13. The molecule has 0 radical (unpaired) electrons. The van der Waals surface area contributed by atoms with Gasteiger partial charge in [0, 0.05) is 12.8 Å². The minimum Gasteiger partial charge on any atom is -0.382 e. The molecule has 0 saturated carbocycles. The summed E-state index contributed by atoms with van der Waals surface area (Å²) in [6.45, 7) is 0.420. The quantitative estimate of drug-likeness (QED) is 0.729. The second kappa shape index (κ2) is 8.01. The molecule has 6 nitrogen and oxygen atoms in total. The third kappa shape index (κ3) is 5.37. The normalized spacial score (nSPS) is 11.6. The Bertz CT molecular complexity index is 560. The fourth-order valence-corrected chi connectivity index (χ4v) is 2.06. The Labute approximate surface area is 121 Å². The van der Waals surface area contributed by atoms with Crippen molar-refractivity contribution in [1.82, 2.24) is 0 Å². The number of halogens is 2. The van der Waals surface area contributed by atoms with Gasteiger partial charge in [0.1, 0.15) is 6.61 Å². The monoisotopic (exact) mass is 323 g/mol. The van der Waals surface area contributed by atoms with Crippen molar-refractivity contribution in [3.8, 4) is 0 Å². The predicted molar refractivity (Wildman–Crippen MR) is 71.0 cm³/mol. The number of ether oxygens (including phenoxy) is 2. The van der Waals surface area contributed by atoms with Crippen molar-refractivity contribution < 1.29 is 31.5 Å². The van der Waals surface area contributed by atoms with E-state index in [2.05, 4.69) is 5.32 Å². The molecule has 118 valence electrons. The maximum Gasteiger partial charge on any atom is 0.341 e. The molecule has 1 N–H and O–H groups in total. The van der Waals surface area contributed by atoms with Crippen molar-refractivity contribution in [3.63, 3.8) is 0 Å². The molecule has 0 bridgehead atoms. The summed E-state index contributed by atoms with van der Waals surface area (Å²) >= 11 is 0. The molecule has 0 unspecified atom stereocenters. The first-order chi connectivity index (χ1) is 9.87. The molecule has 21 heavy (non-hydrogen) atoms. The molecule has 0 aliphatic rings. The molecule has 1 amide bonds. The highest BCUT2D eigenvalue weighted by Gasteiger charge is 2.26. The zero-order valence-electron chi connectivity index (χ0n) is 11.2. The predicted octanol–water partition coefficient (Wildman–Crippen LogP) is 1.28. The van der Waals surface area contributed by atoms with Gasteiger partial charge in [-0.3, -0.25) is 4.79 Å². The van der Waals surface area contributed by atoms with Crippen LogP contribution in [0.4, 0.5) is 14.5 Å². The highest BCUT2D eigenvalue weighted by Crippen LogP contribution is 2.20. The molecular formula is C12H15F2NO5S. The van der Waals surface area contributed by atoms with Crippen LogP contribution in [0.3, 0.4) is 0 Å². The SMILES string of the molecule is COCCOCC(=O)Nc1ccc(S(=O)(=O)C(F)F)cc1. The van der Waals surface area contributed by atoms with Crippen LogP contribution in [0.1, 0.15) is 0 Å². The minimum atomic E-state index is -4.63. The zero-order valence-corrected chi connectivity index (χ0v) is 12.0. The van der Waals surface area contributed by atoms with Crippen LogP contribution in [0.5, 0.6) is 0 Å². The van der Waals surface area contributed by atoms with Gasteiger partial charge in [0.2, 0.25) is 15.7 Å². The van der Waals surface area contributed by atoms with Crippen molar-refractivity contribution in [1.29, 1.82) is 0 Å². The van der Waals surface area contributed by atoms with E-state index in [0.717, 1.165) is 12.1 Å². The van der Waals surface area contributed by atoms with Crippen LogP contribution in [0.25, 0.3) is 0 Å². The number of sulfone groups is 1. The van der Waals surface area contributed by atoms with Gasteiger partial charge in [0.05, 0.1) is 18.1 Å². The molecule has 1 rings (SSSR count). The van der Waals surface area contributed by atoms with Gasteiger partial charge >= 0.3 is 5.76 Å². The van der Waals surface area contributed by atoms with Crippen molar-refractivity contribution in [3.05, 3.63) is 24.3 Å². The van der Waals surface area contributed by atoms with E-state index in [1.807, 2.05) is 0 Å². The first kappa shape index (κ1) is 17.5. The molecule has 0 aromatic heterocycles. The first-order valence-electron chi connectivity index (χ1n) is 5.86. The number of carbonyl (C=O) groups excluding carboxylic acids is 1. The second-order valence-electron chi connectivity index (χ2n) is 3.92. The Balaban J connectivity index is 2.57. The van der Waals surface area contributed by atoms with E-state index in [1.165, 1.54) is 19.2 Å². The zero-order chi connectivity index (χ0) is 15.9. The largest absolute Gasteiger partial charge is 0.382 e. The molecule has 1 aromatic carbocycles. The molecule has 0 heterocycles. The standard InChI is InChI=1S/C12H15F2NO5S/c1-19-6-7-20-8-11(16)15-9-2-4-10(5-3-9)21(17,18)12(13)14/h2-5,12H,6-8H2,1H3,(H,15,16). The molecule has 9 heteroatoms. The topological polar surface area (TPSA) is 81.7 Å². The number of nitrogens with one attached hydrogen (secondary N) is 1. The van der Waals surface area contributed by atoms with Crippen molar-refractivity contribution in [2.45, 2.75) is 10.7 Å². The number of amides is 1. The molecule has 0 saturated heterocycles. The second-order valence-corrected chi connectivity index (χ2v) is 5.84. The Hall–Kier alpha value is -1.58. The van der Waals surface area contributed by atoms with Gasteiger partial charge in [0.15, 0.2) is 0 Å². The summed E-state index contributed by atoms with van der Waals surface area (Å²) in [6.07, 6.45) is 0. The highest BCUT2D eigenvalue weighted by atomic mass is 32.2. The number of benzene rings is 1. The van der Waals surface area contributed by atoms with E-state index < -0.39 is 26.4 Å². The smallest absolute Gasteiger partial charge is 0.341 e. The lowest BCUT2D eigenvalue weighted by Crippen LogP contribution is -2.19. The van der Waals surface area contributed by atoms with E-state index in [1.54, 1.807) is 0 Å². The average molecular weight is 323 g/mol. The maximum atomic E-state index is 12.3. The van der Waals surface area contributed by atoms with E-state index in [4.69, 9.17) is 9.47 Å². The third-order valence-corrected chi connectivity index (χ3v) is 3.76. The lowest BCUT2D eigenvalue weighted by molar-refractivity contribution is -0.121. The fourth-order valence-electron chi connectivity index (χ4n) is 1.34. The summed E-state index contributed by atoms with van der Waals surface area (Å²) in [5.41, 5.74) is 0.281. The number of carbonyl (C=O) groups is 1. The van der Waals surface area contributed by atoms with E-state index in [0.29, 0.717) is 6.61 Å². The number of rotatable bonds is 8. The summed E-state index contributed by atoms with van der Waals surface area (Å²) < 4.78 is 56.8. The summed E-state index contributed by atoms with van der Waals surface area (Å²) in [4.78, 5) is 10.9. The Morgan fingerprint density at radius 3 is 2.38 bits per heavy atom. The Kier molecular flexibility index (Phi) is 6.66. The van der Waals surface area contributed by atoms with Gasteiger partial charge in [-0.2, -0.15) is 8.78 Å². The summed E-state index contributed by atoms with van der Waals surface area (Å²) in [5, 5.41) is 2.44. The van der Waals surface area contributed by atoms with Crippen LogP contribution in [-0.4, -0.2) is 47.0 Å². The molecular weight excluding hydrogens is 308 g/mol. The molecule has 0 atom stereocenters. The van der Waals surface area contributed by atoms with Crippen LogP contribution >= 0.6 is 0 Å². The minimum absolute atomic E-state index is 0.194. The molecule has 0 aliphatic heterocycles. The lowest BCUT2D eigenvalue weighted by Gasteiger charge is -2.07. The summed E-state index contributed by atoms with van der Waals surface area (Å²) in [6, 6.07) is 4.45. The lowest BCUT2D eigenvalue weighted by atomic mass is 10.3. The number of hydrogen-bond acceptors (Lipinski definition) is 5. The van der Waals surface area contributed by atoms with Crippen molar-refractivity contribution in [2.24, 2.45) is 0 Å². The Morgan fingerprint density at radius 2 is 1.86 bits per heavy atom. The molecule has 0 aliphatic carbocycles. The summed E-state index contributed by atoms with van der Waals surface area (Å²) in [5.74, 6) is -3.93. The van der Waals surface area contributed by atoms with Crippen molar-refractivity contribution >= 4 is 21.4 Å². The number of methoxy groups -OCH3 is 1. The number of alkyl halides is 2. The van der Waals surface area contributed by atoms with E-state index in [-0.39, 0.29) is 18.9 Å². The molecule has 1 aromatic rings. The van der Waals surface area contributed by atoms with Gasteiger partial charge in [-0.05, 0) is 24.3 Å². The van der Waals surface area contributed by atoms with Gasteiger partial charge < -0.3 is 14.8 Å². The number of hydrogen-bond donors (Lipinski definition) is 1. The molecule has 0 spiro atoms. The number of anilines is 1. The fraction of sp³-hybridized carbons (Fsp3) is 0.417. The average Bonchev–Trinajstić information content (AvgIpc) is 2.44. The Morgan fingerprint density at radius 1 is 1.24 bits per heavy atom. The molecule has 0 fully saturated rings. The van der Waals surface area contributed by atoms with Crippen LogP contribution < -0.4 is 5.32 Å². The van der Waals surface area contributed by atoms with Gasteiger partial charge in [-0.1, -0.05) is 0 Å². The van der Waals surface area contributed by atoms with Crippen LogP contribution in [0.2, 0.25) is 0 Å².